The van der Waals surface area contributed by atoms with Crippen LogP contribution in [0.2, 0.25) is 5.02 Å². The summed E-state index contributed by atoms with van der Waals surface area (Å²) >= 11 is 5.74. The van der Waals surface area contributed by atoms with Crippen molar-refractivity contribution in [3.63, 3.8) is 0 Å². The van der Waals surface area contributed by atoms with Crippen molar-refractivity contribution >= 4 is 23.3 Å². The number of rotatable bonds is 2. The maximum absolute atomic E-state index is 11.9. The Bertz CT molecular complexity index is 514. The van der Waals surface area contributed by atoms with Crippen LogP contribution in [0.1, 0.15) is 12.5 Å². The van der Waals surface area contributed by atoms with Gasteiger partial charge in [0.1, 0.15) is 6.04 Å². The van der Waals surface area contributed by atoms with Crippen LogP contribution < -0.4 is 0 Å². The number of hydrogen-bond acceptors (Lipinski definition) is 4. The Morgan fingerprint density at radius 3 is 2.44 bits per heavy atom. The zero-order chi connectivity index (χ0) is 13.4. The summed E-state index contributed by atoms with van der Waals surface area (Å²) in [4.78, 5) is 10.9. The normalized spacial score (nSPS) is 24.6. The highest BCUT2D eigenvalue weighted by molar-refractivity contribution is 6.30. The van der Waals surface area contributed by atoms with Crippen LogP contribution in [0.5, 0.6) is 0 Å². The van der Waals surface area contributed by atoms with Gasteiger partial charge in [-0.15, -0.1) is 5.06 Å². The quantitative estimate of drug-likeness (QED) is 0.622. The van der Waals surface area contributed by atoms with Gasteiger partial charge in [-0.3, -0.25) is 0 Å². The van der Waals surface area contributed by atoms with Gasteiger partial charge in [0.05, 0.1) is 0 Å². The molecule has 2 N–H and O–H groups in total. The van der Waals surface area contributed by atoms with Crippen LogP contribution in [0.4, 0.5) is 0 Å². The van der Waals surface area contributed by atoms with E-state index in [-0.39, 0.29) is 5.71 Å². The van der Waals surface area contributed by atoms with E-state index in [2.05, 4.69) is 0 Å². The fourth-order valence-corrected chi connectivity index (χ4v) is 2.09. The molecule has 1 aliphatic heterocycles. The zero-order valence-electron chi connectivity index (χ0n) is 9.45. The average molecular weight is 271 g/mol. The maximum atomic E-state index is 11.9. The van der Waals surface area contributed by atoms with Crippen molar-refractivity contribution in [2.75, 3.05) is 0 Å². The van der Waals surface area contributed by atoms with Crippen molar-refractivity contribution in [2.45, 2.75) is 19.1 Å². The smallest absolute Gasteiger partial charge is 0.393 e. The molecule has 7 heteroatoms. The highest BCUT2D eigenvalue weighted by Gasteiger charge is 2.47. The molecule has 18 heavy (non-hydrogen) atoms. The lowest BCUT2D eigenvalue weighted by Gasteiger charge is -2.13. The minimum Gasteiger partial charge on any atom is -0.622 e. The van der Waals surface area contributed by atoms with E-state index in [4.69, 9.17) is 16.7 Å². The predicted octanol–water partition coefficient (Wildman–Crippen LogP) is 1.14. The number of carboxylic acids is 1. The first-order valence-corrected chi connectivity index (χ1v) is 5.60. The SMILES string of the molecule is CC1C(c2ccc(Cl)cc2)=[N+]([O-])C(C(=O)O)N1O. The fourth-order valence-electron chi connectivity index (χ4n) is 1.96. The molecule has 0 aromatic heterocycles. The summed E-state index contributed by atoms with van der Waals surface area (Å²) in [6.45, 7) is 1.55. The van der Waals surface area contributed by atoms with Crippen molar-refractivity contribution in [1.29, 1.82) is 0 Å². The number of halogens is 1. The summed E-state index contributed by atoms with van der Waals surface area (Å²) in [6.07, 6.45) is -1.62. The summed E-state index contributed by atoms with van der Waals surface area (Å²) in [5.41, 5.74) is 0.728. The minimum atomic E-state index is -1.62. The Kier molecular flexibility index (Phi) is 3.25. The Balaban J connectivity index is 2.48. The van der Waals surface area contributed by atoms with E-state index in [1.54, 1.807) is 31.2 Å². The van der Waals surface area contributed by atoms with Crippen molar-refractivity contribution in [2.24, 2.45) is 0 Å². The van der Waals surface area contributed by atoms with Gasteiger partial charge in [-0.25, -0.2) is 4.79 Å². The van der Waals surface area contributed by atoms with Crippen LogP contribution in [0, 0.1) is 5.21 Å². The number of carboxylic acid groups (broad SMARTS) is 1. The predicted molar refractivity (Wildman–Crippen MR) is 63.7 cm³/mol. The van der Waals surface area contributed by atoms with E-state index in [9.17, 15) is 15.2 Å². The van der Waals surface area contributed by atoms with Crippen LogP contribution in [0.15, 0.2) is 24.3 Å². The molecule has 0 radical (unpaired) electrons. The van der Waals surface area contributed by atoms with E-state index < -0.39 is 18.2 Å². The van der Waals surface area contributed by atoms with Gasteiger partial charge in [0.15, 0.2) is 0 Å². The van der Waals surface area contributed by atoms with E-state index in [0.29, 0.717) is 20.4 Å². The van der Waals surface area contributed by atoms with Gasteiger partial charge in [0.25, 0.3) is 0 Å². The molecule has 6 nitrogen and oxygen atoms in total. The third kappa shape index (κ3) is 1.94. The molecule has 0 saturated carbocycles. The highest BCUT2D eigenvalue weighted by Crippen LogP contribution is 2.20. The second-order valence-electron chi connectivity index (χ2n) is 3.99. The van der Waals surface area contributed by atoms with Crippen LogP contribution in [0.3, 0.4) is 0 Å². The van der Waals surface area contributed by atoms with E-state index in [1.165, 1.54) is 0 Å². The molecule has 0 bridgehead atoms. The molecule has 0 fully saturated rings. The van der Waals surface area contributed by atoms with Gasteiger partial charge >= 0.3 is 12.1 Å². The Morgan fingerprint density at radius 1 is 1.44 bits per heavy atom. The van der Waals surface area contributed by atoms with E-state index in [1.807, 2.05) is 0 Å². The van der Waals surface area contributed by atoms with Crippen LogP contribution >= 0.6 is 11.6 Å². The first-order valence-electron chi connectivity index (χ1n) is 5.22. The molecule has 2 rings (SSSR count). The molecule has 96 valence electrons. The summed E-state index contributed by atoms with van der Waals surface area (Å²) < 4.78 is 0.302. The largest absolute Gasteiger partial charge is 0.622 e. The molecule has 0 amide bonds. The second kappa shape index (κ2) is 4.56. The molecule has 2 unspecified atom stereocenters. The molecular weight excluding hydrogens is 260 g/mol. The van der Waals surface area contributed by atoms with Crippen molar-refractivity contribution < 1.29 is 19.8 Å². The third-order valence-corrected chi connectivity index (χ3v) is 3.12. The van der Waals surface area contributed by atoms with Crippen LogP contribution in [-0.4, -0.2) is 44.0 Å². The molecule has 0 spiro atoms. The molecule has 2 atom stereocenters. The topological polar surface area (TPSA) is 86.8 Å². The molecule has 0 saturated heterocycles. The van der Waals surface area contributed by atoms with Crippen molar-refractivity contribution in [3.8, 4) is 0 Å². The number of hydrogen-bond donors (Lipinski definition) is 2. The first kappa shape index (κ1) is 12.8. The molecule has 1 aromatic carbocycles. The van der Waals surface area contributed by atoms with E-state index in [0.717, 1.165) is 0 Å². The number of nitrogens with zero attached hydrogens (tertiary/aromatic N) is 2. The average Bonchev–Trinajstić information content (AvgIpc) is 2.52. The minimum absolute atomic E-state index is 0.196. The van der Waals surface area contributed by atoms with Crippen LogP contribution in [-0.2, 0) is 4.79 Å². The Morgan fingerprint density at radius 2 is 2.00 bits per heavy atom. The lowest BCUT2D eigenvalue weighted by Crippen LogP contribution is -2.42. The fraction of sp³-hybridized carbons (Fsp3) is 0.273. The lowest BCUT2D eigenvalue weighted by molar-refractivity contribution is -0.521. The van der Waals surface area contributed by atoms with Crippen LogP contribution in [0.25, 0.3) is 0 Å². The zero-order valence-corrected chi connectivity index (χ0v) is 10.2. The molecular formula is C11H11ClN2O4. The highest BCUT2D eigenvalue weighted by atomic mass is 35.5. The molecule has 1 heterocycles. The lowest BCUT2D eigenvalue weighted by atomic mass is 10.1. The Hall–Kier alpha value is -1.63. The third-order valence-electron chi connectivity index (χ3n) is 2.86. The maximum Gasteiger partial charge on any atom is 0.393 e. The van der Waals surface area contributed by atoms with Gasteiger partial charge in [0, 0.05) is 10.6 Å². The molecule has 1 aliphatic rings. The number of benzene rings is 1. The van der Waals surface area contributed by atoms with Gasteiger partial charge in [-0.1, -0.05) is 11.6 Å². The monoisotopic (exact) mass is 270 g/mol. The summed E-state index contributed by atoms with van der Waals surface area (Å²) in [5.74, 6) is -1.40. The van der Waals surface area contributed by atoms with Gasteiger partial charge < -0.3 is 15.5 Å². The van der Waals surface area contributed by atoms with Gasteiger partial charge in [-0.05, 0) is 31.2 Å². The summed E-state index contributed by atoms with van der Waals surface area (Å²) in [5, 5.41) is 31.5. The summed E-state index contributed by atoms with van der Waals surface area (Å²) in [7, 11) is 0. The molecule has 0 aliphatic carbocycles. The number of hydroxylamine groups is 3. The standard InChI is InChI=1S/C11H11ClN2O4/c1-6-9(7-2-4-8(12)5-3-7)14(18)10(11(15)16)13(6)17/h2-6,10,17H,1H3,(H,15,16). The first-order chi connectivity index (χ1) is 8.43. The van der Waals surface area contributed by atoms with Gasteiger partial charge in [0.2, 0.25) is 5.71 Å². The summed E-state index contributed by atoms with van der Waals surface area (Å²) in [6, 6.07) is 5.71. The Labute approximate surface area is 108 Å². The van der Waals surface area contributed by atoms with Crippen molar-refractivity contribution in [1.82, 2.24) is 5.06 Å². The number of carbonyl (C=O) groups is 1. The molecule has 1 aromatic rings. The second-order valence-corrected chi connectivity index (χ2v) is 4.42. The van der Waals surface area contributed by atoms with Gasteiger partial charge in [-0.2, -0.15) is 4.74 Å². The number of aliphatic carboxylic acids is 1. The van der Waals surface area contributed by atoms with Crippen molar-refractivity contribution in [3.05, 3.63) is 40.1 Å². The van der Waals surface area contributed by atoms with E-state index >= 15 is 0 Å².